The Bertz CT molecular complexity index is 502. The molecule has 0 spiro atoms. The van der Waals surface area contributed by atoms with Crippen LogP contribution in [0.3, 0.4) is 0 Å². The first-order valence-corrected chi connectivity index (χ1v) is 7.12. The first-order valence-electron chi connectivity index (χ1n) is 6.24. The van der Waals surface area contributed by atoms with E-state index in [1.54, 1.807) is 28.4 Å². The summed E-state index contributed by atoms with van der Waals surface area (Å²) < 4.78 is 0. The largest absolute Gasteiger partial charge is 0.369 e. The minimum atomic E-state index is -0.263. The van der Waals surface area contributed by atoms with Gasteiger partial charge < -0.3 is 10.6 Å². The van der Waals surface area contributed by atoms with Crippen LogP contribution in [0.1, 0.15) is 23.5 Å². The van der Waals surface area contributed by atoms with Gasteiger partial charge in [0.1, 0.15) is 0 Å². The lowest BCUT2D eigenvalue weighted by Crippen LogP contribution is -2.41. The quantitative estimate of drug-likeness (QED) is 0.844. The maximum atomic E-state index is 12.0. The molecule has 1 aliphatic rings. The molecule has 0 saturated carbocycles. The van der Waals surface area contributed by atoms with E-state index in [4.69, 9.17) is 5.73 Å². The van der Waals surface area contributed by atoms with Crippen LogP contribution in [0.25, 0.3) is 6.08 Å². The van der Waals surface area contributed by atoms with Gasteiger partial charge in [0.2, 0.25) is 11.8 Å². The average Bonchev–Trinajstić information content (AvgIpc) is 2.82. The van der Waals surface area contributed by atoms with Crippen LogP contribution in [-0.4, -0.2) is 34.8 Å². The van der Waals surface area contributed by atoms with Gasteiger partial charge >= 0.3 is 0 Å². The first-order chi connectivity index (χ1) is 9.06. The summed E-state index contributed by atoms with van der Waals surface area (Å²) in [7, 11) is 0. The Morgan fingerprint density at radius 1 is 1.47 bits per heavy atom. The molecule has 19 heavy (non-hydrogen) atoms. The molecule has 102 valence electrons. The Morgan fingerprint density at radius 2 is 2.16 bits per heavy atom. The molecule has 0 bridgehead atoms. The molecule has 0 atom stereocenters. The zero-order valence-corrected chi connectivity index (χ0v) is 11.7. The molecule has 2 heterocycles. The summed E-state index contributed by atoms with van der Waals surface area (Å²) >= 11 is 1.56. The third-order valence-electron chi connectivity index (χ3n) is 3.24. The second-order valence-electron chi connectivity index (χ2n) is 4.63. The predicted molar refractivity (Wildman–Crippen MR) is 74.4 cm³/mol. The van der Waals surface area contributed by atoms with Crippen molar-refractivity contribution < 1.29 is 9.59 Å². The molecule has 0 unspecified atom stereocenters. The molecule has 1 saturated heterocycles. The number of likely N-dealkylation sites (tertiary alicyclic amines) is 1. The first kappa shape index (κ1) is 13.7. The Morgan fingerprint density at radius 3 is 2.68 bits per heavy atom. The van der Waals surface area contributed by atoms with Crippen LogP contribution in [0.4, 0.5) is 0 Å². The lowest BCUT2D eigenvalue weighted by Gasteiger charge is -2.29. The fraction of sp³-hybridized carbons (Fsp3) is 0.462. The Balaban J connectivity index is 1.88. The Kier molecular flexibility index (Phi) is 4.31. The SMILES string of the molecule is Cc1nc(/C=C/C(=O)N2CCC(C(N)=O)CC2)cs1. The van der Waals surface area contributed by atoms with Gasteiger partial charge in [0.15, 0.2) is 0 Å². The van der Waals surface area contributed by atoms with Crippen molar-refractivity contribution in [3.63, 3.8) is 0 Å². The molecule has 1 fully saturated rings. The fourth-order valence-electron chi connectivity index (χ4n) is 2.10. The van der Waals surface area contributed by atoms with Crippen molar-refractivity contribution in [2.45, 2.75) is 19.8 Å². The van der Waals surface area contributed by atoms with Crippen molar-refractivity contribution in [1.82, 2.24) is 9.88 Å². The highest BCUT2D eigenvalue weighted by molar-refractivity contribution is 7.09. The molecule has 1 aromatic rings. The minimum Gasteiger partial charge on any atom is -0.369 e. The number of amides is 2. The number of aromatic nitrogens is 1. The number of thiazole rings is 1. The monoisotopic (exact) mass is 279 g/mol. The third kappa shape index (κ3) is 3.64. The second-order valence-corrected chi connectivity index (χ2v) is 5.69. The lowest BCUT2D eigenvalue weighted by atomic mass is 9.96. The van der Waals surface area contributed by atoms with Gasteiger partial charge in [-0.25, -0.2) is 4.98 Å². The van der Waals surface area contributed by atoms with Gasteiger partial charge in [0.25, 0.3) is 0 Å². The van der Waals surface area contributed by atoms with E-state index in [-0.39, 0.29) is 17.7 Å². The fourth-order valence-corrected chi connectivity index (χ4v) is 2.68. The van der Waals surface area contributed by atoms with Gasteiger partial charge in [-0.3, -0.25) is 9.59 Å². The minimum absolute atomic E-state index is 0.0337. The van der Waals surface area contributed by atoms with E-state index in [0.717, 1.165) is 10.7 Å². The van der Waals surface area contributed by atoms with Crippen LogP contribution >= 0.6 is 11.3 Å². The standard InChI is InChI=1S/C13H17N3O2S/c1-9-15-11(8-19-9)2-3-12(17)16-6-4-10(5-7-16)13(14)18/h2-3,8,10H,4-7H2,1H3,(H2,14,18)/b3-2+. The zero-order chi connectivity index (χ0) is 13.8. The van der Waals surface area contributed by atoms with Crippen molar-refractivity contribution in [2.75, 3.05) is 13.1 Å². The molecule has 1 aromatic heterocycles. The molecular formula is C13H17N3O2S. The summed E-state index contributed by atoms with van der Waals surface area (Å²) in [4.78, 5) is 29.0. The molecule has 5 nitrogen and oxygen atoms in total. The van der Waals surface area contributed by atoms with Crippen LogP contribution in [0.2, 0.25) is 0 Å². The number of aryl methyl sites for hydroxylation is 1. The van der Waals surface area contributed by atoms with Crippen LogP contribution in [0.15, 0.2) is 11.5 Å². The summed E-state index contributed by atoms with van der Waals surface area (Å²) in [5.74, 6) is -0.386. The summed E-state index contributed by atoms with van der Waals surface area (Å²) in [5, 5.41) is 2.90. The van der Waals surface area contributed by atoms with E-state index in [1.165, 1.54) is 0 Å². The van der Waals surface area contributed by atoms with Gasteiger partial charge in [-0.15, -0.1) is 11.3 Å². The van der Waals surface area contributed by atoms with Crippen molar-refractivity contribution in [3.05, 3.63) is 22.2 Å². The van der Waals surface area contributed by atoms with Gasteiger partial charge in [0, 0.05) is 30.5 Å². The summed E-state index contributed by atoms with van der Waals surface area (Å²) in [6.07, 6.45) is 4.58. The topological polar surface area (TPSA) is 76.3 Å². The molecule has 0 aromatic carbocycles. The van der Waals surface area contributed by atoms with E-state index in [2.05, 4.69) is 4.98 Å². The number of carbonyl (C=O) groups excluding carboxylic acids is 2. The number of hydrogen-bond acceptors (Lipinski definition) is 4. The Hall–Kier alpha value is -1.69. The summed E-state index contributed by atoms with van der Waals surface area (Å²) in [6.45, 7) is 3.11. The number of rotatable bonds is 3. The highest BCUT2D eigenvalue weighted by Crippen LogP contribution is 2.17. The normalized spacial score (nSPS) is 17.0. The van der Waals surface area contributed by atoms with Crippen LogP contribution < -0.4 is 5.73 Å². The van der Waals surface area contributed by atoms with Crippen LogP contribution in [0, 0.1) is 12.8 Å². The second kappa shape index (κ2) is 5.97. The Labute approximate surface area is 116 Å². The number of nitrogens with zero attached hydrogens (tertiary/aromatic N) is 2. The molecule has 2 rings (SSSR count). The summed E-state index contributed by atoms with van der Waals surface area (Å²) in [5.41, 5.74) is 6.07. The van der Waals surface area contributed by atoms with E-state index >= 15 is 0 Å². The highest BCUT2D eigenvalue weighted by Gasteiger charge is 2.24. The number of hydrogen-bond donors (Lipinski definition) is 1. The number of nitrogens with two attached hydrogens (primary N) is 1. The number of carbonyl (C=O) groups is 2. The van der Waals surface area contributed by atoms with Gasteiger partial charge in [-0.05, 0) is 25.8 Å². The maximum Gasteiger partial charge on any atom is 0.246 e. The number of piperidine rings is 1. The van der Waals surface area contributed by atoms with Crippen molar-refractivity contribution >= 4 is 29.2 Å². The maximum absolute atomic E-state index is 12.0. The zero-order valence-electron chi connectivity index (χ0n) is 10.8. The molecular weight excluding hydrogens is 262 g/mol. The summed E-state index contributed by atoms with van der Waals surface area (Å²) in [6, 6.07) is 0. The highest BCUT2D eigenvalue weighted by atomic mass is 32.1. The predicted octanol–water partition coefficient (Wildman–Crippen LogP) is 1.19. The molecule has 0 radical (unpaired) electrons. The van der Waals surface area contributed by atoms with Gasteiger partial charge in [-0.2, -0.15) is 0 Å². The van der Waals surface area contributed by atoms with E-state index < -0.39 is 0 Å². The molecule has 6 heteroatoms. The molecule has 1 aliphatic heterocycles. The van der Waals surface area contributed by atoms with Crippen molar-refractivity contribution in [1.29, 1.82) is 0 Å². The number of primary amides is 1. The molecule has 2 N–H and O–H groups in total. The van der Waals surface area contributed by atoms with Crippen LogP contribution in [-0.2, 0) is 9.59 Å². The van der Waals surface area contributed by atoms with Crippen molar-refractivity contribution in [3.8, 4) is 0 Å². The molecule has 0 aliphatic carbocycles. The third-order valence-corrected chi connectivity index (χ3v) is 4.03. The average molecular weight is 279 g/mol. The van der Waals surface area contributed by atoms with Gasteiger partial charge in [0.05, 0.1) is 10.7 Å². The molecule has 2 amide bonds. The van der Waals surface area contributed by atoms with E-state index in [9.17, 15) is 9.59 Å². The van der Waals surface area contributed by atoms with Crippen LogP contribution in [0.5, 0.6) is 0 Å². The van der Waals surface area contributed by atoms with E-state index in [0.29, 0.717) is 25.9 Å². The van der Waals surface area contributed by atoms with Gasteiger partial charge in [-0.1, -0.05) is 0 Å². The van der Waals surface area contributed by atoms with Crippen molar-refractivity contribution in [2.24, 2.45) is 11.7 Å². The lowest BCUT2D eigenvalue weighted by molar-refractivity contribution is -0.130. The van der Waals surface area contributed by atoms with E-state index in [1.807, 2.05) is 12.3 Å². The smallest absolute Gasteiger partial charge is 0.246 e.